The third kappa shape index (κ3) is 3.70. The molecule has 110 valence electrons. The minimum Gasteiger partial charge on any atom is -0.385 e. The zero-order valence-electron chi connectivity index (χ0n) is 12.3. The maximum Gasteiger partial charge on any atom is 0.272 e. The lowest BCUT2D eigenvalue weighted by atomic mass is 9.96. The minimum atomic E-state index is -0.334. The number of hydrogen-bond donors (Lipinski definition) is 1. The predicted octanol–water partition coefficient (Wildman–Crippen LogP) is 3.05. The molecule has 1 saturated heterocycles. The van der Waals surface area contributed by atoms with Gasteiger partial charge in [0.15, 0.2) is 0 Å². The fraction of sp³-hybridized carbons (Fsp3) is 0.600. The number of likely N-dealkylation sites (tertiary alicyclic amines) is 1. The van der Waals surface area contributed by atoms with E-state index in [0.29, 0.717) is 11.5 Å². The van der Waals surface area contributed by atoms with Crippen molar-refractivity contribution >= 4 is 11.4 Å². The number of hydrogen-bond acceptors (Lipinski definition) is 4. The van der Waals surface area contributed by atoms with Gasteiger partial charge in [-0.2, -0.15) is 0 Å². The van der Waals surface area contributed by atoms with Crippen LogP contribution in [0.1, 0.15) is 25.3 Å². The van der Waals surface area contributed by atoms with Gasteiger partial charge < -0.3 is 10.2 Å². The van der Waals surface area contributed by atoms with Gasteiger partial charge in [-0.1, -0.05) is 6.92 Å². The second kappa shape index (κ2) is 6.70. The Kier molecular flexibility index (Phi) is 4.95. The van der Waals surface area contributed by atoms with E-state index in [-0.39, 0.29) is 10.6 Å². The Balaban J connectivity index is 1.85. The first-order chi connectivity index (χ1) is 9.60. The van der Waals surface area contributed by atoms with Crippen LogP contribution in [0.5, 0.6) is 0 Å². The van der Waals surface area contributed by atoms with Crippen LogP contribution in [-0.2, 0) is 0 Å². The molecule has 0 spiro atoms. The summed E-state index contributed by atoms with van der Waals surface area (Å²) < 4.78 is 0. The van der Waals surface area contributed by atoms with Crippen LogP contribution in [0.25, 0.3) is 0 Å². The zero-order valence-corrected chi connectivity index (χ0v) is 12.3. The van der Waals surface area contributed by atoms with E-state index in [0.717, 1.165) is 18.8 Å². The Hall–Kier alpha value is -1.62. The van der Waals surface area contributed by atoms with E-state index in [1.165, 1.54) is 25.9 Å². The summed E-state index contributed by atoms with van der Waals surface area (Å²) >= 11 is 0. The second-order valence-electron chi connectivity index (χ2n) is 5.52. The van der Waals surface area contributed by atoms with Crippen LogP contribution in [0.4, 0.5) is 11.4 Å². The minimum absolute atomic E-state index is 0.187. The maximum atomic E-state index is 10.8. The van der Waals surface area contributed by atoms with Crippen LogP contribution in [0.3, 0.4) is 0 Å². The molecule has 5 nitrogen and oxygen atoms in total. The molecule has 1 aliphatic heterocycles. The molecule has 1 N–H and O–H groups in total. The van der Waals surface area contributed by atoms with E-state index in [4.69, 9.17) is 0 Å². The summed E-state index contributed by atoms with van der Waals surface area (Å²) in [5.41, 5.74) is 1.87. The van der Waals surface area contributed by atoms with E-state index in [9.17, 15) is 10.1 Å². The van der Waals surface area contributed by atoms with Gasteiger partial charge in [-0.25, -0.2) is 0 Å². The van der Waals surface area contributed by atoms with Gasteiger partial charge in [0.25, 0.3) is 5.69 Å². The molecule has 0 saturated carbocycles. The van der Waals surface area contributed by atoms with Gasteiger partial charge in [-0.05, 0) is 57.5 Å². The zero-order chi connectivity index (χ0) is 14.5. The molecule has 1 aliphatic rings. The SMILES string of the molecule is CCN1CCC(CNc2ccc([N+](=O)[O-])c(C)c2)CC1. The molecule has 0 unspecified atom stereocenters. The summed E-state index contributed by atoms with van der Waals surface area (Å²) in [5, 5.41) is 14.2. The van der Waals surface area contributed by atoms with E-state index in [2.05, 4.69) is 17.1 Å². The van der Waals surface area contributed by atoms with E-state index >= 15 is 0 Å². The van der Waals surface area contributed by atoms with E-state index in [1.54, 1.807) is 19.1 Å². The first-order valence-electron chi connectivity index (χ1n) is 7.31. The van der Waals surface area contributed by atoms with Crippen molar-refractivity contribution in [2.75, 3.05) is 31.5 Å². The van der Waals surface area contributed by atoms with Crippen molar-refractivity contribution < 1.29 is 4.92 Å². The van der Waals surface area contributed by atoms with Gasteiger partial charge in [0, 0.05) is 23.9 Å². The highest BCUT2D eigenvalue weighted by atomic mass is 16.6. The lowest BCUT2D eigenvalue weighted by Crippen LogP contribution is -2.35. The average molecular weight is 277 g/mol. The molecule has 0 bridgehead atoms. The maximum absolute atomic E-state index is 10.8. The van der Waals surface area contributed by atoms with Gasteiger partial charge in [-0.3, -0.25) is 10.1 Å². The third-order valence-electron chi connectivity index (χ3n) is 4.14. The van der Waals surface area contributed by atoms with Crippen molar-refractivity contribution in [3.63, 3.8) is 0 Å². The number of aryl methyl sites for hydroxylation is 1. The molecule has 1 heterocycles. The molecule has 0 aromatic heterocycles. The van der Waals surface area contributed by atoms with Crippen molar-refractivity contribution in [3.05, 3.63) is 33.9 Å². The molecule has 20 heavy (non-hydrogen) atoms. The molecule has 0 radical (unpaired) electrons. The molecule has 0 amide bonds. The normalized spacial score (nSPS) is 17.1. The number of anilines is 1. The van der Waals surface area contributed by atoms with Crippen LogP contribution in [0.15, 0.2) is 18.2 Å². The van der Waals surface area contributed by atoms with Crippen molar-refractivity contribution in [1.82, 2.24) is 4.90 Å². The number of benzene rings is 1. The van der Waals surface area contributed by atoms with Crippen LogP contribution in [0.2, 0.25) is 0 Å². The smallest absolute Gasteiger partial charge is 0.272 e. The van der Waals surface area contributed by atoms with Gasteiger partial charge in [0.1, 0.15) is 0 Å². The Labute approximate surface area is 120 Å². The molecule has 1 aromatic carbocycles. The summed E-state index contributed by atoms with van der Waals surface area (Å²) in [6.45, 7) is 8.45. The molecular formula is C15H23N3O2. The molecule has 5 heteroatoms. The van der Waals surface area contributed by atoms with Gasteiger partial charge in [0.2, 0.25) is 0 Å². The highest BCUT2D eigenvalue weighted by Gasteiger charge is 2.18. The van der Waals surface area contributed by atoms with Gasteiger partial charge in [0.05, 0.1) is 4.92 Å². The summed E-state index contributed by atoms with van der Waals surface area (Å²) in [5.74, 6) is 0.702. The first kappa shape index (κ1) is 14.8. The highest BCUT2D eigenvalue weighted by Crippen LogP contribution is 2.23. The Morgan fingerprint density at radius 3 is 2.65 bits per heavy atom. The molecular weight excluding hydrogens is 254 g/mol. The largest absolute Gasteiger partial charge is 0.385 e. The lowest BCUT2D eigenvalue weighted by molar-refractivity contribution is -0.385. The van der Waals surface area contributed by atoms with Crippen LogP contribution >= 0.6 is 0 Å². The molecule has 0 aliphatic carbocycles. The number of rotatable bonds is 5. The number of nitrogens with one attached hydrogen (secondary N) is 1. The summed E-state index contributed by atoms with van der Waals surface area (Å²) in [6, 6.07) is 5.24. The average Bonchev–Trinajstić information content (AvgIpc) is 2.45. The molecule has 1 fully saturated rings. The van der Waals surface area contributed by atoms with Crippen molar-refractivity contribution in [2.45, 2.75) is 26.7 Å². The Morgan fingerprint density at radius 1 is 1.40 bits per heavy atom. The monoisotopic (exact) mass is 277 g/mol. The predicted molar refractivity (Wildman–Crippen MR) is 81.2 cm³/mol. The van der Waals surface area contributed by atoms with E-state index < -0.39 is 0 Å². The van der Waals surface area contributed by atoms with Crippen molar-refractivity contribution in [1.29, 1.82) is 0 Å². The fourth-order valence-corrected chi connectivity index (χ4v) is 2.74. The molecule has 0 atom stereocenters. The highest BCUT2D eigenvalue weighted by molar-refractivity contribution is 5.53. The van der Waals surface area contributed by atoms with Crippen LogP contribution in [0, 0.1) is 23.0 Å². The number of nitro groups is 1. The second-order valence-corrected chi connectivity index (χ2v) is 5.52. The van der Waals surface area contributed by atoms with Crippen molar-refractivity contribution in [2.24, 2.45) is 5.92 Å². The van der Waals surface area contributed by atoms with Crippen molar-refractivity contribution in [3.8, 4) is 0 Å². The number of piperidine rings is 1. The third-order valence-corrected chi connectivity index (χ3v) is 4.14. The van der Waals surface area contributed by atoms with E-state index in [1.807, 2.05) is 6.07 Å². The standard InChI is InChI=1S/C15H23N3O2/c1-3-17-8-6-13(7-9-17)11-16-14-4-5-15(18(19)20)12(2)10-14/h4-5,10,13,16H,3,6-9,11H2,1-2H3. The fourth-order valence-electron chi connectivity index (χ4n) is 2.74. The summed E-state index contributed by atoms with van der Waals surface area (Å²) in [6.07, 6.45) is 2.46. The quantitative estimate of drug-likeness (QED) is 0.664. The van der Waals surface area contributed by atoms with Crippen LogP contribution < -0.4 is 5.32 Å². The number of nitrogens with zero attached hydrogens (tertiary/aromatic N) is 2. The summed E-state index contributed by atoms with van der Waals surface area (Å²) in [4.78, 5) is 12.9. The van der Waals surface area contributed by atoms with Gasteiger partial charge in [-0.15, -0.1) is 0 Å². The Bertz CT molecular complexity index is 468. The summed E-state index contributed by atoms with van der Waals surface area (Å²) in [7, 11) is 0. The lowest BCUT2D eigenvalue weighted by Gasteiger charge is -2.31. The topological polar surface area (TPSA) is 58.4 Å². The molecule has 2 rings (SSSR count). The first-order valence-corrected chi connectivity index (χ1v) is 7.31. The van der Waals surface area contributed by atoms with Crippen LogP contribution in [-0.4, -0.2) is 36.0 Å². The molecule has 1 aromatic rings. The van der Waals surface area contributed by atoms with Gasteiger partial charge >= 0.3 is 0 Å². The number of nitro benzene ring substituents is 1. The Morgan fingerprint density at radius 2 is 2.10 bits per heavy atom.